The lowest BCUT2D eigenvalue weighted by Gasteiger charge is -2.35. The predicted octanol–water partition coefficient (Wildman–Crippen LogP) is 1.40. The molecule has 1 spiro atoms. The van der Waals surface area contributed by atoms with Gasteiger partial charge in [-0.15, -0.1) is 0 Å². The first-order chi connectivity index (χ1) is 9.17. The van der Waals surface area contributed by atoms with Gasteiger partial charge >= 0.3 is 0 Å². The van der Waals surface area contributed by atoms with Crippen molar-refractivity contribution in [3.05, 3.63) is 17.5 Å². The van der Waals surface area contributed by atoms with E-state index >= 15 is 0 Å². The number of ether oxygens (including phenoxy) is 2. The van der Waals surface area contributed by atoms with Crippen LogP contribution in [0, 0.1) is 6.92 Å². The van der Waals surface area contributed by atoms with Gasteiger partial charge in [-0.2, -0.15) is 0 Å². The van der Waals surface area contributed by atoms with Crippen molar-refractivity contribution in [2.75, 3.05) is 13.2 Å². The van der Waals surface area contributed by atoms with Gasteiger partial charge in [-0.25, -0.2) is 0 Å². The van der Waals surface area contributed by atoms with Crippen LogP contribution in [0.15, 0.2) is 10.6 Å². The van der Waals surface area contributed by atoms with Crippen LogP contribution in [0.1, 0.15) is 41.9 Å². The molecular formula is C13H18N2O4. The molecule has 2 heterocycles. The Morgan fingerprint density at radius 2 is 2.05 bits per heavy atom. The van der Waals surface area contributed by atoms with Gasteiger partial charge in [0.05, 0.1) is 13.2 Å². The van der Waals surface area contributed by atoms with Gasteiger partial charge in [-0.05, 0) is 19.8 Å². The Hall–Kier alpha value is -1.40. The van der Waals surface area contributed by atoms with Crippen molar-refractivity contribution >= 4 is 5.91 Å². The highest BCUT2D eigenvalue weighted by Crippen LogP contribution is 2.35. The molecule has 0 aromatic carbocycles. The zero-order valence-electron chi connectivity index (χ0n) is 11.0. The summed E-state index contributed by atoms with van der Waals surface area (Å²) in [4.78, 5) is 11.9. The molecule has 2 fully saturated rings. The summed E-state index contributed by atoms with van der Waals surface area (Å²) in [7, 11) is 0. The number of nitrogens with zero attached hydrogens (tertiary/aromatic N) is 1. The Morgan fingerprint density at radius 1 is 1.37 bits per heavy atom. The highest BCUT2D eigenvalue weighted by molar-refractivity contribution is 5.92. The van der Waals surface area contributed by atoms with E-state index in [1.807, 2.05) is 0 Å². The molecule has 1 aliphatic carbocycles. The number of amides is 1. The lowest BCUT2D eigenvalue weighted by Crippen LogP contribution is -2.44. The summed E-state index contributed by atoms with van der Waals surface area (Å²) in [6.07, 6.45) is 3.39. The molecule has 0 unspecified atom stereocenters. The van der Waals surface area contributed by atoms with E-state index in [-0.39, 0.29) is 17.7 Å². The van der Waals surface area contributed by atoms with E-state index in [0.29, 0.717) is 24.7 Å². The molecule has 104 valence electrons. The van der Waals surface area contributed by atoms with E-state index in [4.69, 9.17) is 14.0 Å². The fourth-order valence-corrected chi connectivity index (χ4v) is 2.72. The van der Waals surface area contributed by atoms with Gasteiger partial charge in [-0.1, -0.05) is 5.16 Å². The number of nitrogens with one attached hydrogen (secondary N) is 1. The Balaban J connectivity index is 1.53. The maximum atomic E-state index is 11.9. The van der Waals surface area contributed by atoms with Crippen LogP contribution in [0.2, 0.25) is 0 Å². The van der Waals surface area contributed by atoms with Crippen LogP contribution in [0.4, 0.5) is 0 Å². The van der Waals surface area contributed by atoms with Crippen molar-refractivity contribution in [2.24, 2.45) is 0 Å². The molecule has 0 bridgehead atoms. The summed E-state index contributed by atoms with van der Waals surface area (Å²) in [5.74, 6) is 0.0812. The number of hydrogen-bond donors (Lipinski definition) is 1. The Morgan fingerprint density at radius 3 is 2.63 bits per heavy atom. The van der Waals surface area contributed by atoms with E-state index in [2.05, 4.69) is 10.5 Å². The standard InChI is InChI=1S/C13H18N2O4/c1-9-8-11(15-19-9)12(16)14-10-2-4-13(5-3-10)17-6-7-18-13/h8,10H,2-7H2,1H3,(H,14,16). The fraction of sp³-hybridized carbons (Fsp3) is 0.692. The summed E-state index contributed by atoms with van der Waals surface area (Å²) in [5, 5.41) is 6.70. The van der Waals surface area contributed by atoms with Gasteiger partial charge in [0, 0.05) is 24.9 Å². The normalized spacial score (nSPS) is 22.8. The quantitative estimate of drug-likeness (QED) is 0.875. The van der Waals surface area contributed by atoms with Crippen LogP contribution in [0.5, 0.6) is 0 Å². The van der Waals surface area contributed by atoms with Crippen LogP contribution in [-0.4, -0.2) is 36.1 Å². The van der Waals surface area contributed by atoms with Gasteiger partial charge in [0.25, 0.3) is 5.91 Å². The average molecular weight is 266 g/mol. The van der Waals surface area contributed by atoms with Crippen molar-refractivity contribution in [3.63, 3.8) is 0 Å². The first-order valence-corrected chi connectivity index (χ1v) is 6.69. The molecule has 19 heavy (non-hydrogen) atoms. The minimum Gasteiger partial charge on any atom is -0.361 e. The summed E-state index contributed by atoms with van der Waals surface area (Å²) in [5.41, 5.74) is 0.339. The Labute approximate surface area is 111 Å². The fourth-order valence-electron chi connectivity index (χ4n) is 2.72. The molecule has 1 N–H and O–H groups in total. The van der Waals surface area contributed by atoms with E-state index < -0.39 is 0 Å². The molecule has 1 saturated carbocycles. The molecule has 3 rings (SSSR count). The summed E-state index contributed by atoms with van der Waals surface area (Å²) >= 11 is 0. The molecule has 0 atom stereocenters. The molecule has 1 aromatic rings. The molecule has 6 heteroatoms. The third-order valence-electron chi connectivity index (χ3n) is 3.76. The molecule has 1 saturated heterocycles. The number of hydrogen-bond acceptors (Lipinski definition) is 5. The first-order valence-electron chi connectivity index (χ1n) is 6.69. The molecule has 1 amide bonds. The maximum absolute atomic E-state index is 11.9. The number of carbonyl (C=O) groups excluding carboxylic acids is 1. The lowest BCUT2D eigenvalue weighted by molar-refractivity contribution is -0.179. The summed E-state index contributed by atoms with van der Waals surface area (Å²) in [6, 6.07) is 1.80. The summed E-state index contributed by atoms with van der Waals surface area (Å²) in [6.45, 7) is 3.12. The predicted molar refractivity (Wildman–Crippen MR) is 65.6 cm³/mol. The van der Waals surface area contributed by atoms with E-state index in [9.17, 15) is 4.79 Å². The Bertz CT molecular complexity index is 455. The first kappa shape index (κ1) is 12.6. The number of aryl methyl sites for hydroxylation is 1. The van der Waals surface area contributed by atoms with Crippen molar-refractivity contribution in [2.45, 2.75) is 44.4 Å². The van der Waals surface area contributed by atoms with Gasteiger partial charge in [0.1, 0.15) is 5.76 Å². The SMILES string of the molecule is Cc1cc(C(=O)NC2CCC3(CC2)OCCO3)no1. The van der Waals surface area contributed by atoms with E-state index in [1.54, 1.807) is 13.0 Å². The average Bonchev–Trinajstić information content (AvgIpc) is 3.02. The van der Waals surface area contributed by atoms with Crippen LogP contribution >= 0.6 is 0 Å². The van der Waals surface area contributed by atoms with Gasteiger partial charge < -0.3 is 19.3 Å². The molecular weight excluding hydrogens is 248 g/mol. The molecule has 1 aliphatic heterocycles. The largest absolute Gasteiger partial charge is 0.361 e. The van der Waals surface area contributed by atoms with Crippen LogP contribution in [0.3, 0.4) is 0 Å². The topological polar surface area (TPSA) is 73.6 Å². The molecule has 6 nitrogen and oxygen atoms in total. The highest BCUT2D eigenvalue weighted by Gasteiger charge is 2.40. The van der Waals surface area contributed by atoms with Crippen LogP contribution < -0.4 is 5.32 Å². The minimum absolute atomic E-state index is 0.155. The smallest absolute Gasteiger partial charge is 0.273 e. The zero-order chi connectivity index (χ0) is 13.3. The summed E-state index contributed by atoms with van der Waals surface area (Å²) < 4.78 is 16.2. The second-order valence-corrected chi connectivity index (χ2v) is 5.18. The lowest BCUT2D eigenvalue weighted by atomic mass is 9.90. The third kappa shape index (κ3) is 2.64. The van der Waals surface area contributed by atoms with Crippen molar-refractivity contribution < 1.29 is 18.8 Å². The van der Waals surface area contributed by atoms with Gasteiger partial charge in [0.2, 0.25) is 0 Å². The maximum Gasteiger partial charge on any atom is 0.273 e. The van der Waals surface area contributed by atoms with Crippen LogP contribution in [-0.2, 0) is 9.47 Å². The van der Waals surface area contributed by atoms with Gasteiger partial charge in [0.15, 0.2) is 11.5 Å². The number of rotatable bonds is 2. The molecule has 1 aromatic heterocycles. The van der Waals surface area contributed by atoms with E-state index in [1.165, 1.54) is 0 Å². The van der Waals surface area contributed by atoms with Crippen molar-refractivity contribution in [3.8, 4) is 0 Å². The Kier molecular flexibility index (Phi) is 3.28. The van der Waals surface area contributed by atoms with E-state index in [0.717, 1.165) is 25.7 Å². The third-order valence-corrected chi connectivity index (χ3v) is 3.76. The van der Waals surface area contributed by atoms with Gasteiger partial charge in [-0.3, -0.25) is 4.79 Å². The molecule has 0 radical (unpaired) electrons. The number of aromatic nitrogens is 1. The monoisotopic (exact) mass is 266 g/mol. The van der Waals surface area contributed by atoms with Crippen molar-refractivity contribution in [1.82, 2.24) is 10.5 Å². The van der Waals surface area contributed by atoms with Crippen molar-refractivity contribution in [1.29, 1.82) is 0 Å². The highest BCUT2D eigenvalue weighted by atomic mass is 16.7. The molecule has 2 aliphatic rings. The zero-order valence-corrected chi connectivity index (χ0v) is 11.0. The number of carbonyl (C=O) groups is 1. The second-order valence-electron chi connectivity index (χ2n) is 5.18. The minimum atomic E-state index is -0.383. The van der Waals surface area contributed by atoms with Crippen LogP contribution in [0.25, 0.3) is 0 Å². The second kappa shape index (κ2) is 4.94.